The van der Waals surface area contributed by atoms with Gasteiger partial charge in [0.1, 0.15) is 0 Å². The summed E-state index contributed by atoms with van der Waals surface area (Å²) in [6, 6.07) is 0. The van der Waals surface area contributed by atoms with Gasteiger partial charge in [0, 0.05) is 11.5 Å². The van der Waals surface area contributed by atoms with E-state index < -0.39 is 0 Å². The Kier molecular flexibility index (Phi) is 2.39. The second-order valence-electron chi connectivity index (χ2n) is 6.06. The molecule has 0 radical (unpaired) electrons. The Labute approximate surface area is 87.6 Å². The molecule has 2 saturated heterocycles. The molecule has 0 aromatic carbocycles. The van der Waals surface area contributed by atoms with Crippen LogP contribution >= 0.6 is 0 Å². The van der Waals surface area contributed by atoms with Crippen LogP contribution in [0.2, 0.25) is 0 Å². The molecule has 0 amide bonds. The molecular formula is C12H23NO. The quantitative estimate of drug-likeness (QED) is 0.590. The van der Waals surface area contributed by atoms with Crippen molar-refractivity contribution in [3.63, 3.8) is 0 Å². The molecule has 0 aliphatic carbocycles. The molecule has 2 rings (SSSR count). The summed E-state index contributed by atoms with van der Waals surface area (Å²) in [5.74, 6) is 0.697. The minimum Gasteiger partial charge on any atom is -0.379 e. The molecule has 0 N–H and O–H groups in total. The normalized spacial score (nSPS) is 39.9. The van der Waals surface area contributed by atoms with E-state index in [1.54, 1.807) is 0 Å². The fraction of sp³-hybridized carbons (Fsp3) is 1.00. The number of nitrogens with zero attached hydrogens (tertiary/aromatic N) is 1. The molecule has 0 aromatic heterocycles. The van der Waals surface area contributed by atoms with Gasteiger partial charge < -0.3 is 4.74 Å². The molecule has 2 aliphatic rings. The van der Waals surface area contributed by atoms with Crippen molar-refractivity contribution in [2.45, 2.75) is 39.2 Å². The van der Waals surface area contributed by atoms with Gasteiger partial charge in [0.15, 0.2) is 0 Å². The first-order valence-corrected chi connectivity index (χ1v) is 5.76. The van der Waals surface area contributed by atoms with Crippen LogP contribution in [0.1, 0.15) is 33.6 Å². The smallest absolute Gasteiger partial charge is 0.0654 e. The van der Waals surface area contributed by atoms with Crippen LogP contribution in [0.3, 0.4) is 0 Å². The first-order valence-electron chi connectivity index (χ1n) is 5.76. The van der Waals surface area contributed by atoms with E-state index in [9.17, 15) is 0 Å². The van der Waals surface area contributed by atoms with E-state index in [0.29, 0.717) is 16.9 Å². The lowest BCUT2D eigenvalue weighted by Gasteiger charge is -2.42. The topological polar surface area (TPSA) is 12.5 Å². The second kappa shape index (κ2) is 3.21. The first kappa shape index (κ1) is 10.4. The summed E-state index contributed by atoms with van der Waals surface area (Å²) in [5.41, 5.74) is 0.730. The number of hydrogen-bond donors (Lipinski definition) is 0. The van der Waals surface area contributed by atoms with E-state index in [0.717, 1.165) is 13.2 Å². The molecule has 2 unspecified atom stereocenters. The van der Waals surface area contributed by atoms with Crippen LogP contribution in [0.4, 0.5) is 0 Å². The zero-order chi connectivity index (χ0) is 10.4. The maximum atomic E-state index is 5.75. The van der Waals surface area contributed by atoms with Gasteiger partial charge in [-0.2, -0.15) is 0 Å². The minimum atomic E-state index is 0.359. The third kappa shape index (κ3) is 1.40. The van der Waals surface area contributed by atoms with E-state index in [4.69, 9.17) is 4.74 Å². The van der Waals surface area contributed by atoms with E-state index in [2.05, 4.69) is 32.7 Å². The van der Waals surface area contributed by atoms with Gasteiger partial charge in [0.2, 0.25) is 0 Å². The highest BCUT2D eigenvalue weighted by atomic mass is 16.5. The lowest BCUT2D eigenvalue weighted by atomic mass is 9.69. The molecule has 2 fully saturated rings. The molecule has 1 spiro atoms. The first-order chi connectivity index (χ1) is 6.47. The Morgan fingerprint density at radius 3 is 2.57 bits per heavy atom. The van der Waals surface area contributed by atoms with Crippen LogP contribution in [-0.4, -0.2) is 37.2 Å². The zero-order valence-corrected chi connectivity index (χ0v) is 9.97. The predicted octanol–water partition coefficient (Wildman–Crippen LogP) is 2.14. The summed E-state index contributed by atoms with van der Waals surface area (Å²) in [6.07, 6.45) is 2.66. The van der Waals surface area contributed by atoms with Gasteiger partial charge in [-0.25, -0.2) is 0 Å². The third-order valence-electron chi connectivity index (χ3n) is 4.19. The third-order valence-corrected chi connectivity index (χ3v) is 4.19. The van der Waals surface area contributed by atoms with Crippen molar-refractivity contribution in [2.24, 2.45) is 11.3 Å². The van der Waals surface area contributed by atoms with E-state index in [1.807, 2.05) is 0 Å². The maximum absolute atomic E-state index is 5.75. The average molecular weight is 197 g/mol. The van der Waals surface area contributed by atoms with Crippen molar-refractivity contribution in [3.05, 3.63) is 0 Å². The average Bonchev–Trinajstić information content (AvgIpc) is 2.61. The Morgan fingerprint density at radius 1 is 1.36 bits per heavy atom. The summed E-state index contributed by atoms with van der Waals surface area (Å²) in [4.78, 5) is 2.54. The SMILES string of the molecule is CN1CCCC12COCC2C(C)(C)C. The predicted molar refractivity (Wildman–Crippen MR) is 58.4 cm³/mol. The molecule has 2 heterocycles. The van der Waals surface area contributed by atoms with Gasteiger partial charge in [-0.05, 0) is 31.8 Å². The fourth-order valence-electron chi connectivity index (χ4n) is 3.32. The molecule has 2 atom stereocenters. The standard InChI is InChI=1S/C12H23NO/c1-11(2,3)10-8-14-9-12(10)6-5-7-13(12)4/h10H,5-9H2,1-4H3. The van der Waals surface area contributed by atoms with Gasteiger partial charge in [-0.15, -0.1) is 0 Å². The van der Waals surface area contributed by atoms with E-state index >= 15 is 0 Å². The van der Waals surface area contributed by atoms with Crippen LogP contribution < -0.4 is 0 Å². The minimum absolute atomic E-state index is 0.359. The molecule has 0 bridgehead atoms. The maximum Gasteiger partial charge on any atom is 0.0654 e. The van der Waals surface area contributed by atoms with Gasteiger partial charge in [0.25, 0.3) is 0 Å². The zero-order valence-electron chi connectivity index (χ0n) is 9.97. The lowest BCUT2D eigenvalue weighted by molar-refractivity contribution is 0.0679. The molecular weight excluding hydrogens is 174 g/mol. The largest absolute Gasteiger partial charge is 0.379 e. The van der Waals surface area contributed by atoms with Crippen molar-refractivity contribution in [1.82, 2.24) is 4.90 Å². The van der Waals surface area contributed by atoms with Crippen molar-refractivity contribution in [3.8, 4) is 0 Å². The molecule has 82 valence electrons. The Balaban J connectivity index is 2.25. The number of likely N-dealkylation sites (N-methyl/N-ethyl adjacent to an activating group) is 1. The molecule has 14 heavy (non-hydrogen) atoms. The van der Waals surface area contributed by atoms with E-state index in [1.165, 1.54) is 19.4 Å². The van der Waals surface area contributed by atoms with Gasteiger partial charge >= 0.3 is 0 Å². The summed E-state index contributed by atoms with van der Waals surface area (Å²) < 4.78 is 5.75. The Morgan fingerprint density at radius 2 is 2.07 bits per heavy atom. The van der Waals surface area contributed by atoms with Crippen LogP contribution in [0.5, 0.6) is 0 Å². The highest BCUT2D eigenvalue weighted by molar-refractivity contribution is 5.06. The lowest BCUT2D eigenvalue weighted by Crippen LogP contribution is -2.51. The summed E-state index contributed by atoms with van der Waals surface area (Å²) in [6.45, 7) is 10.2. The van der Waals surface area contributed by atoms with Crippen molar-refractivity contribution in [1.29, 1.82) is 0 Å². The van der Waals surface area contributed by atoms with Gasteiger partial charge in [0.05, 0.1) is 13.2 Å². The number of hydrogen-bond acceptors (Lipinski definition) is 2. The second-order valence-corrected chi connectivity index (χ2v) is 6.06. The summed E-state index contributed by atoms with van der Waals surface area (Å²) in [7, 11) is 2.26. The highest BCUT2D eigenvalue weighted by Crippen LogP contribution is 2.47. The van der Waals surface area contributed by atoms with Crippen molar-refractivity contribution < 1.29 is 4.74 Å². The number of ether oxygens (including phenoxy) is 1. The number of likely N-dealkylation sites (tertiary alicyclic amines) is 1. The van der Waals surface area contributed by atoms with Crippen LogP contribution in [-0.2, 0) is 4.74 Å². The fourth-order valence-corrected chi connectivity index (χ4v) is 3.32. The van der Waals surface area contributed by atoms with Crippen LogP contribution in [0.15, 0.2) is 0 Å². The van der Waals surface area contributed by atoms with Crippen molar-refractivity contribution in [2.75, 3.05) is 26.8 Å². The Hall–Kier alpha value is -0.0800. The van der Waals surface area contributed by atoms with E-state index in [-0.39, 0.29) is 0 Å². The van der Waals surface area contributed by atoms with Crippen LogP contribution in [0.25, 0.3) is 0 Å². The molecule has 0 aromatic rings. The summed E-state index contributed by atoms with van der Waals surface area (Å²) in [5, 5.41) is 0. The van der Waals surface area contributed by atoms with Crippen LogP contribution in [0, 0.1) is 11.3 Å². The molecule has 2 nitrogen and oxygen atoms in total. The molecule has 2 aliphatic heterocycles. The van der Waals surface area contributed by atoms with Crippen molar-refractivity contribution >= 4 is 0 Å². The highest BCUT2D eigenvalue weighted by Gasteiger charge is 2.53. The number of rotatable bonds is 0. The summed E-state index contributed by atoms with van der Waals surface area (Å²) >= 11 is 0. The van der Waals surface area contributed by atoms with Gasteiger partial charge in [-0.1, -0.05) is 20.8 Å². The molecule has 2 heteroatoms. The molecule has 0 saturated carbocycles. The van der Waals surface area contributed by atoms with Gasteiger partial charge in [-0.3, -0.25) is 4.90 Å². The monoisotopic (exact) mass is 197 g/mol. The Bertz CT molecular complexity index is 217.